The predicted molar refractivity (Wildman–Crippen MR) is 182 cm³/mol. The number of amides is 2. The molecule has 1 fully saturated rings. The van der Waals surface area contributed by atoms with E-state index in [0.717, 1.165) is 36.1 Å². The number of anilines is 1. The summed E-state index contributed by atoms with van der Waals surface area (Å²) in [6, 6.07) is 17.4. The third kappa shape index (κ3) is 9.56. The molecule has 0 saturated heterocycles. The summed E-state index contributed by atoms with van der Waals surface area (Å²) in [4.78, 5) is 39.2. The third-order valence-corrected chi connectivity index (χ3v) is 9.41. The molecule has 10 heteroatoms. The van der Waals surface area contributed by atoms with Crippen LogP contribution in [0.3, 0.4) is 0 Å². The zero-order valence-corrected chi connectivity index (χ0v) is 27.8. The zero-order valence-electron chi connectivity index (χ0n) is 27.8. The van der Waals surface area contributed by atoms with Crippen LogP contribution in [0.4, 0.5) is 10.1 Å². The first-order chi connectivity index (χ1) is 23.3. The van der Waals surface area contributed by atoms with Crippen molar-refractivity contribution in [3.63, 3.8) is 0 Å². The second kappa shape index (κ2) is 17.1. The number of ether oxygens (including phenoxy) is 3. The van der Waals surface area contributed by atoms with Crippen LogP contribution < -0.4 is 20.7 Å². The lowest BCUT2D eigenvalue weighted by Gasteiger charge is -2.27. The fourth-order valence-corrected chi connectivity index (χ4v) is 6.73. The number of methoxy groups -OCH3 is 2. The van der Waals surface area contributed by atoms with Crippen LogP contribution in [0.2, 0.25) is 0 Å². The largest absolute Gasteiger partial charge is 0.497 e. The van der Waals surface area contributed by atoms with Crippen molar-refractivity contribution in [1.82, 2.24) is 10.6 Å². The van der Waals surface area contributed by atoms with E-state index in [1.807, 2.05) is 0 Å². The van der Waals surface area contributed by atoms with E-state index in [-0.39, 0.29) is 36.8 Å². The maximum atomic E-state index is 14.2. The molecule has 0 radical (unpaired) electrons. The van der Waals surface area contributed by atoms with Crippen molar-refractivity contribution >= 4 is 23.5 Å². The number of rotatable bonds is 15. The van der Waals surface area contributed by atoms with Gasteiger partial charge in [0.25, 0.3) is 5.91 Å². The second-order valence-electron chi connectivity index (χ2n) is 12.8. The summed E-state index contributed by atoms with van der Waals surface area (Å²) in [5.74, 6) is -0.292. The van der Waals surface area contributed by atoms with E-state index in [1.165, 1.54) is 32.4 Å². The van der Waals surface area contributed by atoms with Gasteiger partial charge in [-0.25, -0.2) is 9.18 Å². The molecule has 1 heterocycles. The van der Waals surface area contributed by atoms with Crippen LogP contribution >= 0.6 is 0 Å². The van der Waals surface area contributed by atoms with Crippen molar-refractivity contribution in [2.75, 3.05) is 32.7 Å². The predicted octanol–water partition coefficient (Wildman–Crippen LogP) is 6.38. The molecule has 1 aliphatic carbocycles. The SMILES string of the molecule is COC(=O)c1ccc(COC[C@H](CC2CNc3ccc(F)cc32)NC(=O)[C@H](CCC2CCCCC2)NC(=O)c2cccc(OC)c2)cc1. The van der Waals surface area contributed by atoms with Gasteiger partial charge in [-0.15, -0.1) is 0 Å². The van der Waals surface area contributed by atoms with Crippen molar-refractivity contribution in [2.45, 2.75) is 76.0 Å². The second-order valence-corrected chi connectivity index (χ2v) is 12.8. The fraction of sp³-hybridized carbons (Fsp3) is 0.447. The van der Waals surface area contributed by atoms with Gasteiger partial charge in [-0.3, -0.25) is 9.59 Å². The van der Waals surface area contributed by atoms with Gasteiger partial charge in [0.15, 0.2) is 0 Å². The average molecular weight is 660 g/mol. The number of hydrogen-bond acceptors (Lipinski definition) is 7. The van der Waals surface area contributed by atoms with Crippen LogP contribution in [-0.2, 0) is 20.9 Å². The van der Waals surface area contributed by atoms with Crippen LogP contribution in [0.5, 0.6) is 5.75 Å². The van der Waals surface area contributed by atoms with Gasteiger partial charge < -0.3 is 30.2 Å². The Morgan fingerprint density at radius 1 is 0.938 bits per heavy atom. The molecule has 256 valence electrons. The molecule has 2 aliphatic rings. The molecule has 3 N–H and O–H groups in total. The number of halogens is 1. The van der Waals surface area contributed by atoms with E-state index in [1.54, 1.807) is 67.8 Å². The zero-order chi connectivity index (χ0) is 33.9. The van der Waals surface area contributed by atoms with Crippen molar-refractivity contribution in [1.29, 1.82) is 0 Å². The van der Waals surface area contributed by atoms with Crippen molar-refractivity contribution in [3.8, 4) is 5.75 Å². The van der Waals surface area contributed by atoms with E-state index in [9.17, 15) is 18.8 Å². The van der Waals surface area contributed by atoms with Gasteiger partial charge in [0.2, 0.25) is 5.91 Å². The highest BCUT2D eigenvalue weighted by atomic mass is 19.1. The van der Waals surface area contributed by atoms with E-state index in [2.05, 4.69) is 16.0 Å². The van der Waals surface area contributed by atoms with Crippen LogP contribution in [0, 0.1) is 11.7 Å². The van der Waals surface area contributed by atoms with Crippen molar-refractivity contribution in [3.05, 3.63) is 94.8 Å². The van der Waals surface area contributed by atoms with Gasteiger partial charge in [0.1, 0.15) is 17.6 Å². The molecule has 48 heavy (non-hydrogen) atoms. The minimum Gasteiger partial charge on any atom is -0.497 e. The monoisotopic (exact) mass is 659 g/mol. The summed E-state index contributed by atoms with van der Waals surface area (Å²) in [6.45, 7) is 1.07. The fourth-order valence-electron chi connectivity index (χ4n) is 6.73. The minimum atomic E-state index is -0.745. The van der Waals surface area contributed by atoms with Crippen LogP contribution in [0.15, 0.2) is 66.7 Å². The molecular weight excluding hydrogens is 613 g/mol. The molecule has 0 aromatic heterocycles. The first-order valence-electron chi connectivity index (χ1n) is 16.9. The number of hydrogen-bond donors (Lipinski definition) is 3. The van der Waals surface area contributed by atoms with Crippen LogP contribution in [0.1, 0.15) is 89.1 Å². The molecule has 3 aromatic carbocycles. The molecule has 0 spiro atoms. The summed E-state index contributed by atoms with van der Waals surface area (Å²) in [5, 5.41) is 9.53. The number of carbonyl (C=O) groups excluding carboxylic acids is 3. The highest BCUT2D eigenvalue weighted by Gasteiger charge is 2.30. The van der Waals surface area contributed by atoms with Crippen molar-refractivity contribution in [2.24, 2.45) is 5.92 Å². The highest BCUT2D eigenvalue weighted by Crippen LogP contribution is 2.35. The lowest BCUT2D eigenvalue weighted by molar-refractivity contribution is -0.124. The van der Waals surface area contributed by atoms with Gasteiger partial charge in [-0.05, 0) is 84.8 Å². The first kappa shape index (κ1) is 34.9. The topological polar surface area (TPSA) is 115 Å². The lowest BCUT2D eigenvalue weighted by Crippen LogP contribution is -2.51. The minimum absolute atomic E-state index is 0.0454. The van der Waals surface area contributed by atoms with E-state index in [4.69, 9.17) is 14.2 Å². The Kier molecular flexibility index (Phi) is 12.4. The Hall–Kier alpha value is -4.44. The number of nitrogens with one attached hydrogen (secondary N) is 3. The standard InChI is InChI=1S/C38H46FN3O6/c1-46-32-10-6-9-28(20-32)36(43)42-35(17-13-25-7-4-3-5-8-25)37(44)41-31(19-29-22-40-34-18-16-30(39)21-33(29)34)24-48-23-26-11-14-27(15-12-26)38(45)47-2/h6,9-12,14-16,18,20-21,25,29,31,35,40H,3-5,7-8,13,17,19,22-24H2,1-2H3,(H,41,44)(H,42,43)/t29?,31-,35-/m0/s1. The van der Waals surface area contributed by atoms with E-state index < -0.39 is 18.1 Å². The molecule has 9 nitrogen and oxygen atoms in total. The average Bonchev–Trinajstić information content (AvgIpc) is 3.51. The summed E-state index contributed by atoms with van der Waals surface area (Å²) in [5.41, 5.74) is 3.47. The molecule has 0 bridgehead atoms. The van der Waals surface area contributed by atoms with E-state index in [0.29, 0.717) is 42.2 Å². The van der Waals surface area contributed by atoms with E-state index >= 15 is 0 Å². The molecule has 3 aromatic rings. The Labute approximate surface area is 281 Å². The van der Waals surface area contributed by atoms with Crippen LogP contribution in [0.25, 0.3) is 0 Å². The maximum absolute atomic E-state index is 14.2. The number of benzene rings is 3. The summed E-state index contributed by atoms with van der Waals surface area (Å²) < 4.78 is 30.4. The molecule has 3 atom stereocenters. The Bertz CT molecular complexity index is 1540. The molecule has 1 unspecified atom stereocenters. The number of fused-ring (bicyclic) bond motifs is 1. The number of carbonyl (C=O) groups is 3. The van der Waals surface area contributed by atoms with Gasteiger partial charge >= 0.3 is 5.97 Å². The van der Waals surface area contributed by atoms with Gasteiger partial charge in [-0.2, -0.15) is 0 Å². The molecule has 5 rings (SSSR count). The van der Waals surface area contributed by atoms with Gasteiger partial charge in [-0.1, -0.05) is 50.3 Å². The quantitative estimate of drug-likeness (QED) is 0.162. The summed E-state index contributed by atoms with van der Waals surface area (Å²) in [6.07, 6.45) is 7.78. The van der Waals surface area contributed by atoms with Gasteiger partial charge in [0, 0.05) is 23.7 Å². The summed E-state index contributed by atoms with van der Waals surface area (Å²) >= 11 is 0. The highest BCUT2D eigenvalue weighted by molar-refractivity contribution is 5.97. The Balaban J connectivity index is 1.30. The maximum Gasteiger partial charge on any atom is 0.337 e. The molecule has 2 amide bonds. The van der Waals surface area contributed by atoms with Gasteiger partial charge in [0.05, 0.1) is 39.0 Å². The molecule has 1 saturated carbocycles. The summed E-state index contributed by atoms with van der Waals surface area (Å²) in [7, 11) is 2.88. The van der Waals surface area contributed by atoms with Crippen LogP contribution in [-0.4, -0.2) is 57.2 Å². The normalized spacial score (nSPS) is 17.0. The third-order valence-electron chi connectivity index (χ3n) is 9.41. The Morgan fingerprint density at radius 2 is 1.73 bits per heavy atom. The lowest BCUT2D eigenvalue weighted by atomic mass is 9.85. The smallest absolute Gasteiger partial charge is 0.337 e. The molecular formula is C38H46FN3O6. The molecule has 1 aliphatic heterocycles. The Morgan fingerprint density at radius 3 is 2.48 bits per heavy atom. The number of esters is 1. The van der Waals surface area contributed by atoms with Crippen molar-refractivity contribution < 1.29 is 33.0 Å². The first-order valence-corrected chi connectivity index (χ1v) is 16.9.